The third kappa shape index (κ3) is 3.30. The van der Waals surface area contributed by atoms with Crippen LogP contribution in [-0.2, 0) is 6.42 Å². The second-order valence-electron chi connectivity index (χ2n) is 5.85. The Morgan fingerprint density at radius 2 is 1.75 bits per heavy atom. The van der Waals surface area contributed by atoms with Gasteiger partial charge in [-0.15, -0.1) is 0 Å². The number of benzene rings is 1. The van der Waals surface area contributed by atoms with Gasteiger partial charge in [-0.3, -0.25) is 0 Å². The normalized spacial score (nSPS) is 25.2. The van der Waals surface area contributed by atoms with Crippen molar-refractivity contribution in [2.24, 2.45) is 0 Å². The van der Waals surface area contributed by atoms with E-state index in [1.54, 1.807) is 0 Å². The largest absolute Gasteiger partial charge is 0.490 e. The molecule has 0 heterocycles. The molecule has 134 valence electrons. The maximum absolute atomic E-state index is 13.8. The summed E-state index contributed by atoms with van der Waals surface area (Å²) in [7, 11) is 0. The fourth-order valence-electron chi connectivity index (χ4n) is 2.84. The molecule has 0 spiro atoms. The average molecular weight is 376 g/mol. The van der Waals surface area contributed by atoms with Crippen molar-refractivity contribution in [1.82, 2.24) is 0 Å². The number of thioether (sulfide) groups is 1. The van der Waals surface area contributed by atoms with Gasteiger partial charge in [-0.2, -0.15) is 13.2 Å². The quantitative estimate of drug-likeness (QED) is 0.613. The van der Waals surface area contributed by atoms with E-state index in [9.17, 15) is 35.8 Å². The lowest BCUT2D eigenvalue weighted by Crippen LogP contribution is -2.43. The van der Waals surface area contributed by atoms with Crippen LogP contribution in [-0.4, -0.2) is 28.6 Å². The summed E-state index contributed by atoms with van der Waals surface area (Å²) in [6, 6.07) is 1.96. The van der Waals surface area contributed by atoms with Gasteiger partial charge < -0.3 is 9.84 Å². The van der Waals surface area contributed by atoms with Crippen LogP contribution in [0.4, 0.5) is 30.7 Å². The topological polar surface area (TPSA) is 29.5 Å². The molecule has 1 N–H and O–H groups in total. The van der Waals surface area contributed by atoms with Crippen molar-refractivity contribution in [3.8, 4) is 5.75 Å². The van der Waals surface area contributed by atoms with Crippen molar-refractivity contribution < 1.29 is 40.6 Å². The van der Waals surface area contributed by atoms with E-state index in [1.807, 2.05) is 0 Å². The summed E-state index contributed by atoms with van der Waals surface area (Å²) in [5.41, 5.74) is -5.54. The second kappa shape index (κ2) is 5.42. The maximum atomic E-state index is 13.8. The molecule has 0 saturated heterocycles. The van der Waals surface area contributed by atoms with Gasteiger partial charge in [0, 0.05) is 35.3 Å². The summed E-state index contributed by atoms with van der Waals surface area (Å²) in [6.45, 7) is 0. The minimum absolute atomic E-state index is 0.187. The molecule has 0 aliphatic heterocycles. The molecule has 10 heteroatoms. The minimum atomic E-state index is -4.72. The summed E-state index contributed by atoms with van der Waals surface area (Å²) in [5, 5.41) is 9.69. The number of fused-ring (bicyclic) bond motifs is 1. The van der Waals surface area contributed by atoms with E-state index in [4.69, 9.17) is 4.74 Å². The summed E-state index contributed by atoms with van der Waals surface area (Å²) >= 11 is -0.611. The van der Waals surface area contributed by atoms with Crippen LogP contribution in [0.5, 0.6) is 5.75 Å². The molecule has 0 unspecified atom stereocenters. The van der Waals surface area contributed by atoms with Crippen molar-refractivity contribution in [2.75, 3.05) is 0 Å². The molecule has 2 aliphatic rings. The van der Waals surface area contributed by atoms with E-state index in [0.29, 0.717) is 0 Å². The smallest absolute Gasteiger partial charge is 0.446 e. The highest BCUT2D eigenvalue weighted by Gasteiger charge is 2.51. The van der Waals surface area contributed by atoms with E-state index >= 15 is 0 Å². The zero-order valence-corrected chi connectivity index (χ0v) is 12.7. The van der Waals surface area contributed by atoms with Crippen LogP contribution in [0.25, 0.3) is 0 Å². The Balaban J connectivity index is 1.93. The SMILES string of the molecule is O[C@H]1c2c(SC(F)(F)F)ccc(OC3CC(F)(F)C3)c2CC1(F)F. The number of halogens is 7. The van der Waals surface area contributed by atoms with Gasteiger partial charge in [0.05, 0.1) is 0 Å². The van der Waals surface area contributed by atoms with Crippen LogP contribution >= 0.6 is 11.8 Å². The lowest BCUT2D eigenvalue weighted by Gasteiger charge is -2.35. The number of hydrogen-bond donors (Lipinski definition) is 1. The van der Waals surface area contributed by atoms with Gasteiger partial charge in [-0.1, -0.05) is 0 Å². The molecular weight excluding hydrogens is 365 g/mol. The van der Waals surface area contributed by atoms with E-state index in [0.717, 1.165) is 12.1 Å². The summed E-state index contributed by atoms with van der Waals surface area (Å²) in [6.07, 6.45) is -5.46. The summed E-state index contributed by atoms with van der Waals surface area (Å²) in [5.74, 6) is -6.72. The first kappa shape index (κ1) is 17.7. The van der Waals surface area contributed by atoms with Crippen LogP contribution in [0.1, 0.15) is 30.1 Å². The Labute approximate surface area is 136 Å². The van der Waals surface area contributed by atoms with Crippen molar-refractivity contribution in [3.63, 3.8) is 0 Å². The van der Waals surface area contributed by atoms with Gasteiger partial charge >= 0.3 is 5.51 Å². The molecule has 1 aromatic rings. The predicted molar refractivity (Wildman–Crippen MR) is 70.6 cm³/mol. The third-order valence-corrected chi connectivity index (χ3v) is 4.74. The molecule has 3 rings (SSSR count). The molecule has 1 atom stereocenters. The average Bonchev–Trinajstić information content (AvgIpc) is 2.60. The first-order valence-corrected chi connectivity index (χ1v) is 7.71. The first-order chi connectivity index (χ1) is 10.9. The van der Waals surface area contributed by atoms with Crippen molar-refractivity contribution in [2.45, 2.75) is 53.7 Å². The predicted octanol–water partition coefficient (Wildman–Crippen LogP) is 4.70. The molecular formula is C14H11F7O2S. The van der Waals surface area contributed by atoms with Gasteiger partial charge in [0.15, 0.2) is 0 Å². The van der Waals surface area contributed by atoms with Crippen molar-refractivity contribution >= 4 is 11.8 Å². The number of rotatable bonds is 3. The van der Waals surface area contributed by atoms with Crippen molar-refractivity contribution in [1.29, 1.82) is 0 Å². The van der Waals surface area contributed by atoms with Gasteiger partial charge in [-0.25, -0.2) is 17.6 Å². The molecule has 24 heavy (non-hydrogen) atoms. The molecule has 1 aromatic carbocycles. The standard InChI is InChI=1S/C14H11F7O2S/c15-12(16)3-6(4-12)23-8-1-2-9(24-14(19,20)21)10-7(8)5-13(17,18)11(10)22/h1-2,6,11,22H,3-5H2/t11-/m0/s1. The van der Waals surface area contributed by atoms with Gasteiger partial charge in [0.1, 0.15) is 18.0 Å². The Hall–Kier alpha value is -1.16. The fraction of sp³-hybridized carbons (Fsp3) is 0.571. The third-order valence-electron chi connectivity index (χ3n) is 3.93. The molecule has 0 radical (unpaired) electrons. The van der Waals surface area contributed by atoms with Crippen LogP contribution in [0.15, 0.2) is 17.0 Å². The summed E-state index contributed by atoms with van der Waals surface area (Å²) in [4.78, 5) is -0.548. The zero-order chi connectivity index (χ0) is 17.9. The monoisotopic (exact) mass is 376 g/mol. The molecule has 1 fully saturated rings. The Morgan fingerprint density at radius 3 is 2.29 bits per heavy atom. The highest BCUT2D eigenvalue weighted by atomic mass is 32.2. The van der Waals surface area contributed by atoms with E-state index in [2.05, 4.69) is 0 Å². The van der Waals surface area contributed by atoms with Gasteiger partial charge in [-0.05, 0) is 23.9 Å². The lowest BCUT2D eigenvalue weighted by atomic mass is 9.91. The van der Waals surface area contributed by atoms with E-state index in [-0.39, 0.29) is 11.3 Å². The molecule has 0 aromatic heterocycles. The Morgan fingerprint density at radius 1 is 1.12 bits per heavy atom. The first-order valence-electron chi connectivity index (χ1n) is 6.90. The summed E-state index contributed by atoms with van der Waals surface area (Å²) < 4.78 is 96.1. The number of hydrogen-bond acceptors (Lipinski definition) is 3. The highest BCUT2D eigenvalue weighted by molar-refractivity contribution is 8.00. The minimum Gasteiger partial charge on any atom is -0.490 e. The number of alkyl halides is 7. The van der Waals surface area contributed by atoms with Crippen molar-refractivity contribution in [3.05, 3.63) is 23.3 Å². The van der Waals surface area contributed by atoms with Crippen LogP contribution < -0.4 is 4.74 Å². The molecule has 0 bridgehead atoms. The molecule has 0 amide bonds. The van der Waals surface area contributed by atoms with Gasteiger partial charge in [0.2, 0.25) is 0 Å². The maximum Gasteiger partial charge on any atom is 0.446 e. The van der Waals surface area contributed by atoms with Crippen LogP contribution in [0, 0.1) is 0 Å². The van der Waals surface area contributed by atoms with E-state index in [1.165, 1.54) is 0 Å². The molecule has 2 aliphatic carbocycles. The highest BCUT2D eigenvalue weighted by Crippen LogP contribution is 2.53. The molecule has 2 nitrogen and oxygen atoms in total. The van der Waals surface area contributed by atoms with E-state index < -0.39 is 71.0 Å². The second-order valence-corrected chi connectivity index (χ2v) is 6.95. The Bertz CT molecular complexity index is 651. The van der Waals surface area contributed by atoms with Gasteiger partial charge in [0.25, 0.3) is 11.8 Å². The number of aliphatic hydroxyl groups excluding tert-OH is 1. The fourth-order valence-corrected chi connectivity index (χ4v) is 3.57. The molecule has 1 saturated carbocycles. The lowest BCUT2D eigenvalue weighted by molar-refractivity contribution is -0.134. The van der Waals surface area contributed by atoms with Crippen LogP contribution in [0.3, 0.4) is 0 Å². The number of aliphatic hydroxyl groups is 1. The van der Waals surface area contributed by atoms with Crippen LogP contribution in [0.2, 0.25) is 0 Å². The Kier molecular flexibility index (Phi) is 3.99. The number of ether oxygens (including phenoxy) is 1. The zero-order valence-electron chi connectivity index (χ0n) is 11.8.